The molecule has 0 amide bonds. The summed E-state index contributed by atoms with van der Waals surface area (Å²) in [6.07, 6.45) is 0. The Morgan fingerprint density at radius 3 is 2.64 bits per heavy atom. The maximum absolute atomic E-state index is 12.5. The van der Waals surface area contributed by atoms with Gasteiger partial charge < -0.3 is 10.5 Å². The molecule has 0 saturated carbocycles. The quantitative estimate of drug-likeness (QED) is 0.585. The molecule has 2 aromatic heterocycles. The van der Waals surface area contributed by atoms with Crippen molar-refractivity contribution < 1.29 is 4.74 Å². The monoisotopic (exact) mass is 331 g/mol. The Hall–Kier alpha value is -3.34. The van der Waals surface area contributed by atoms with Crippen molar-refractivity contribution in [3.8, 4) is 5.75 Å². The summed E-state index contributed by atoms with van der Waals surface area (Å²) in [5.41, 5.74) is 8.79. The van der Waals surface area contributed by atoms with E-state index >= 15 is 0 Å². The fourth-order valence-electron chi connectivity index (χ4n) is 3.00. The second-order valence-corrected chi connectivity index (χ2v) is 5.93. The molecule has 0 aliphatic heterocycles. The van der Waals surface area contributed by atoms with E-state index in [-0.39, 0.29) is 5.56 Å². The van der Waals surface area contributed by atoms with E-state index in [0.29, 0.717) is 17.9 Å². The smallest absolute Gasteiger partial charge is 0.254 e. The van der Waals surface area contributed by atoms with Crippen molar-refractivity contribution in [1.29, 1.82) is 0 Å². The van der Waals surface area contributed by atoms with Crippen molar-refractivity contribution >= 4 is 27.6 Å². The Bertz CT molecular complexity index is 1130. The van der Waals surface area contributed by atoms with Crippen molar-refractivity contribution in [2.45, 2.75) is 6.54 Å². The summed E-state index contributed by atoms with van der Waals surface area (Å²) in [6, 6.07) is 18.9. The third kappa shape index (κ3) is 2.70. The van der Waals surface area contributed by atoms with E-state index in [1.807, 2.05) is 54.6 Å². The van der Waals surface area contributed by atoms with E-state index in [9.17, 15) is 4.79 Å². The number of anilines is 1. The van der Waals surface area contributed by atoms with Crippen LogP contribution in [0.2, 0.25) is 0 Å². The number of nitrogen functional groups attached to an aromatic ring is 1. The molecule has 0 unspecified atom stereocenters. The minimum atomic E-state index is -0.158. The van der Waals surface area contributed by atoms with Gasteiger partial charge in [-0.1, -0.05) is 30.3 Å². The zero-order valence-corrected chi connectivity index (χ0v) is 13.8. The second-order valence-electron chi connectivity index (χ2n) is 5.93. The summed E-state index contributed by atoms with van der Waals surface area (Å²) in [5, 5.41) is 1.68. The Morgan fingerprint density at radius 1 is 1.08 bits per heavy atom. The van der Waals surface area contributed by atoms with Gasteiger partial charge in [0.2, 0.25) is 0 Å². The molecule has 2 heterocycles. The molecule has 5 nitrogen and oxygen atoms in total. The number of pyridine rings is 2. The van der Waals surface area contributed by atoms with Crippen LogP contribution >= 0.6 is 0 Å². The van der Waals surface area contributed by atoms with Crippen molar-refractivity contribution in [3.63, 3.8) is 0 Å². The number of hydrogen-bond acceptors (Lipinski definition) is 4. The molecule has 0 fully saturated rings. The average Bonchev–Trinajstić information content (AvgIpc) is 2.64. The van der Waals surface area contributed by atoms with Crippen LogP contribution in [0.1, 0.15) is 5.56 Å². The SMILES string of the molecule is COc1ccc2nc3c(cc2c1)c(N)cc(=O)n3Cc1ccccc1. The first-order valence-corrected chi connectivity index (χ1v) is 7.97. The first kappa shape index (κ1) is 15.2. The number of fused-ring (bicyclic) bond motifs is 2. The molecule has 0 atom stereocenters. The Balaban J connectivity index is 1.99. The van der Waals surface area contributed by atoms with Gasteiger partial charge in [-0.05, 0) is 29.8 Å². The highest BCUT2D eigenvalue weighted by Crippen LogP contribution is 2.26. The Labute approximate surface area is 144 Å². The van der Waals surface area contributed by atoms with Gasteiger partial charge in [0, 0.05) is 22.5 Å². The van der Waals surface area contributed by atoms with E-state index in [1.54, 1.807) is 11.7 Å². The lowest BCUT2D eigenvalue weighted by Gasteiger charge is -2.12. The lowest BCUT2D eigenvalue weighted by molar-refractivity contribution is 0.415. The van der Waals surface area contributed by atoms with Crippen molar-refractivity contribution in [2.24, 2.45) is 0 Å². The van der Waals surface area contributed by atoms with Crippen LogP contribution in [0.3, 0.4) is 0 Å². The van der Waals surface area contributed by atoms with Gasteiger partial charge in [-0.15, -0.1) is 0 Å². The Kier molecular flexibility index (Phi) is 3.61. The van der Waals surface area contributed by atoms with Crippen LogP contribution in [0.4, 0.5) is 5.69 Å². The summed E-state index contributed by atoms with van der Waals surface area (Å²) >= 11 is 0. The lowest BCUT2D eigenvalue weighted by Crippen LogP contribution is -2.22. The lowest BCUT2D eigenvalue weighted by atomic mass is 10.1. The topological polar surface area (TPSA) is 70.1 Å². The highest BCUT2D eigenvalue weighted by Gasteiger charge is 2.11. The molecule has 25 heavy (non-hydrogen) atoms. The van der Waals surface area contributed by atoms with Gasteiger partial charge in [0.25, 0.3) is 5.56 Å². The van der Waals surface area contributed by atoms with Crippen LogP contribution in [0.15, 0.2) is 65.5 Å². The van der Waals surface area contributed by atoms with E-state index in [2.05, 4.69) is 0 Å². The number of methoxy groups -OCH3 is 1. The van der Waals surface area contributed by atoms with Gasteiger partial charge in [-0.3, -0.25) is 9.36 Å². The largest absolute Gasteiger partial charge is 0.497 e. The van der Waals surface area contributed by atoms with E-state index in [1.165, 1.54) is 6.07 Å². The van der Waals surface area contributed by atoms with Crippen LogP contribution in [0, 0.1) is 0 Å². The summed E-state index contributed by atoms with van der Waals surface area (Å²) in [7, 11) is 1.63. The van der Waals surface area contributed by atoms with Crippen LogP contribution < -0.4 is 16.0 Å². The molecule has 0 aliphatic carbocycles. The predicted molar refractivity (Wildman–Crippen MR) is 100 cm³/mol. The summed E-state index contributed by atoms with van der Waals surface area (Å²) in [4.78, 5) is 17.2. The van der Waals surface area contributed by atoms with Crippen molar-refractivity contribution in [2.75, 3.05) is 12.8 Å². The standard InChI is InChI=1S/C20H17N3O2/c1-25-15-7-8-18-14(9-15)10-16-17(21)11-19(24)23(20(16)22-18)12-13-5-3-2-4-6-13/h2-11H,12,21H2,1H3. The number of benzene rings is 2. The van der Waals surface area contributed by atoms with Crippen LogP contribution in [0.25, 0.3) is 21.9 Å². The van der Waals surface area contributed by atoms with E-state index in [0.717, 1.165) is 27.6 Å². The highest BCUT2D eigenvalue weighted by atomic mass is 16.5. The minimum absolute atomic E-state index is 0.158. The predicted octanol–water partition coefficient (Wildman–Crippen LogP) is 3.19. The minimum Gasteiger partial charge on any atom is -0.497 e. The summed E-state index contributed by atoms with van der Waals surface area (Å²) in [6.45, 7) is 0.450. The first-order chi connectivity index (χ1) is 12.2. The third-order valence-electron chi connectivity index (χ3n) is 4.30. The molecule has 0 saturated heterocycles. The number of hydrogen-bond donors (Lipinski definition) is 1. The fourth-order valence-corrected chi connectivity index (χ4v) is 3.00. The molecule has 4 aromatic rings. The molecule has 4 rings (SSSR count). The number of nitrogens with zero attached hydrogens (tertiary/aromatic N) is 2. The van der Waals surface area contributed by atoms with Gasteiger partial charge in [0.1, 0.15) is 11.4 Å². The highest BCUT2D eigenvalue weighted by molar-refractivity contribution is 5.97. The summed E-state index contributed by atoms with van der Waals surface area (Å²) in [5.74, 6) is 0.754. The van der Waals surface area contributed by atoms with Gasteiger partial charge in [-0.25, -0.2) is 4.98 Å². The van der Waals surface area contributed by atoms with Crippen molar-refractivity contribution in [1.82, 2.24) is 9.55 Å². The molecule has 5 heteroatoms. The Morgan fingerprint density at radius 2 is 1.88 bits per heavy atom. The second kappa shape index (κ2) is 5.94. The molecule has 2 N–H and O–H groups in total. The molecular weight excluding hydrogens is 314 g/mol. The first-order valence-electron chi connectivity index (χ1n) is 7.97. The normalized spacial score (nSPS) is 11.1. The zero-order chi connectivity index (χ0) is 17.4. The van der Waals surface area contributed by atoms with Crippen LogP contribution in [0.5, 0.6) is 5.75 Å². The molecule has 0 radical (unpaired) electrons. The van der Waals surface area contributed by atoms with Gasteiger partial charge in [0.15, 0.2) is 0 Å². The number of nitrogens with two attached hydrogens (primary N) is 1. The van der Waals surface area contributed by atoms with Crippen LogP contribution in [-0.2, 0) is 6.54 Å². The molecule has 124 valence electrons. The van der Waals surface area contributed by atoms with Crippen LogP contribution in [-0.4, -0.2) is 16.7 Å². The molecule has 0 aliphatic rings. The number of rotatable bonds is 3. The molecule has 0 bridgehead atoms. The number of ether oxygens (including phenoxy) is 1. The van der Waals surface area contributed by atoms with Crippen molar-refractivity contribution in [3.05, 3.63) is 76.6 Å². The fraction of sp³-hybridized carbons (Fsp3) is 0.100. The van der Waals surface area contributed by atoms with Gasteiger partial charge in [-0.2, -0.15) is 0 Å². The van der Waals surface area contributed by atoms with Gasteiger partial charge >= 0.3 is 0 Å². The summed E-state index contributed by atoms with van der Waals surface area (Å²) < 4.78 is 6.93. The molecule has 0 spiro atoms. The maximum atomic E-state index is 12.5. The van der Waals surface area contributed by atoms with E-state index < -0.39 is 0 Å². The average molecular weight is 331 g/mol. The zero-order valence-electron chi connectivity index (χ0n) is 13.8. The number of aromatic nitrogens is 2. The molecular formula is C20H17N3O2. The third-order valence-corrected chi connectivity index (χ3v) is 4.30. The van der Waals surface area contributed by atoms with E-state index in [4.69, 9.17) is 15.5 Å². The maximum Gasteiger partial charge on any atom is 0.254 e. The van der Waals surface area contributed by atoms with Gasteiger partial charge in [0.05, 0.1) is 19.2 Å². The molecule has 2 aromatic carbocycles.